The first-order valence-corrected chi connectivity index (χ1v) is 4.81. The molecular weight excluding hydrogens is 164 g/mol. The predicted octanol–water partition coefficient (Wildman–Crippen LogP) is 2.07. The van der Waals surface area contributed by atoms with E-state index >= 15 is 0 Å². The van der Waals surface area contributed by atoms with Crippen molar-refractivity contribution in [1.29, 1.82) is 0 Å². The third kappa shape index (κ3) is 2.19. The lowest BCUT2D eigenvalue weighted by Crippen LogP contribution is -2.44. The van der Waals surface area contributed by atoms with E-state index in [4.69, 9.17) is 0 Å². The van der Waals surface area contributed by atoms with Gasteiger partial charge in [0.05, 0.1) is 0 Å². The first-order chi connectivity index (χ1) is 5.86. The number of ketones is 1. The molecule has 2 heteroatoms. The van der Waals surface area contributed by atoms with Gasteiger partial charge in [-0.25, -0.2) is 0 Å². The fourth-order valence-electron chi connectivity index (χ4n) is 1.69. The van der Waals surface area contributed by atoms with E-state index in [1.165, 1.54) is 0 Å². The minimum Gasteiger partial charge on any atom is -0.378 e. The third-order valence-electron chi connectivity index (χ3n) is 2.40. The highest BCUT2D eigenvalue weighted by Gasteiger charge is 2.40. The topological polar surface area (TPSA) is 37.3 Å². The molecule has 0 aliphatic heterocycles. The number of hydrogen-bond acceptors (Lipinski definition) is 2. The monoisotopic (exact) mass is 182 g/mol. The van der Waals surface area contributed by atoms with E-state index in [1.54, 1.807) is 6.08 Å². The molecule has 0 aromatic carbocycles. The Kier molecular flexibility index (Phi) is 2.62. The van der Waals surface area contributed by atoms with Crippen molar-refractivity contribution in [2.75, 3.05) is 0 Å². The van der Waals surface area contributed by atoms with Crippen molar-refractivity contribution >= 4 is 5.78 Å². The van der Waals surface area contributed by atoms with Gasteiger partial charge in [-0.2, -0.15) is 0 Å². The third-order valence-corrected chi connectivity index (χ3v) is 2.40. The van der Waals surface area contributed by atoms with Crippen LogP contribution in [0.3, 0.4) is 0 Å². The first kappa shape index (κ1) is 10.5. The molecule has 0 aromatic heterocycles. The highest BCUT2D eigenvalue weighted by atomic mass is 16.3. The van der Waals surface area contributed by atoms with Gasteiger partial charge in [-0.15, -0.1) is 0 Å². The largest absolute Gasteiger partial charge is 0.378 e. The molecule has 1 N–H and O–H groups in total. The van der Waals surface area contributed by atoms with Crippen molar-refractivity contribution in [1.82, 2.24) is 0 Å². The number of carbonyl (C=O) groups excluding carboxylic acids is 1. The van der Waals surface area contributed by atoms with E-state index in [2.05, 4.69) is 0 Å². The van der Waals surface area contributed by atoms with Crippen LogP contribution in [-0.4, -0.2) is 16.5 Å². The summed E-state index contributed by atoms with van der Waals surface area (Å²) in [5, 5.41) is 10.0. The van der Waals surface area contributed by atoms with Crippen LogP contribution >= 0.6 is 0 Å². The van der Waals surface area contributed by atoms with Crippen molar-refractivity contribution in [3.05, 3.63) is 12.2 Å². The molecule has 0 aromatic rings. The van der Waals surface area contributed by atoms with Crippen molar-refractivity contribution in [2.24, 2.45) is 5.41 Å². The second-order valence-corrected chi connectivity index (χ2v) is 4.80. The van der Waals surface area contributed by atoms with Crippen LogP contribution in [0.1, 0.15) is 40.0 Å². The fraction of sp³-hybridized carbons (Fsp3) is 0.727. The van der Waals surface area contributed by atoms with Crippen LogP contribution in [0.2, 0.25) is 0 Å². The number of aliphatic hydroxyl groups is 1. The van der Waals surface area contributed by atoms with E-state index in [-0.39, 0.29) is 5.78 Å². The number of allylic oxidation sites excluding steroid dienone is 1. The van der Waals surface area contributed by atoms with Crippen molar-refractivity contribution in [3.8, 4) is 0 Å². The molecule has 1 aliphatic rings. The van der Waals surface area contributed by atoms with Crippen molar-refractivity contribution < 1.29 is 9.90 Å². The normalized spacial score (nSPS) is 28.9. The zero-order chi connectivity index (χ0) is 10.1. The first-order valence-electron chi connectivity index (χ1n) is 4.81. The van der Waals surface area contributed by atoms with E-state index in [0.29, 0.717) is 6.42 Å². The Labute approximate surface area is 79.6 Å². The van der Waals surface area contributed by atoms with E-state index in [1.807, 2.05) is 26.8 Å². The molecule has 0 heterocycles. The van der Waals surface area contributed by atoms with Crippen LogP contribution in [0.5, 0.6) is 0 Å². The molecule has 1 aliphatic carbocycles. The number of Topliss-reactive ketones (excluding diaryl/α,β-unsaturated/α-hetero) is 1. The lowest BCUT2D eigenvalue weighted by Gasteiger charge is -2.32. The Morgan fingerprint density at radius 1 is 1.46 bits per heavy atom. The molecule has 1 unspecified atom stereocenters. The Balaban J connectivity index is 2.86. The number of carbonyl (C=O) groups is 1. The molecule has 1 rings (SSSR count). The Morgan fingerprint density at radius 3 is 2.46 bits per heavy atom. The van der Waals surface area contributed by atoms with Gasteiger partial charge in [0.15, 0.2) is 5.78 Å². The summed E-state index contributed by atoms with van der Waals surface area (Å²) in [6.45, 7) is 5.53. The molecule has 0 fully saturated rings. The van der Waals surface area contributed by atoms with Gasteiger partial charge in [-0.3, -0.25) is 4.79 Å². The van der Waals surface area contributed by atoms with Crippen molar-refractivity contribution in [2.45, 2.75) is 45.6 Å². The maximum Gasteiger partial charge on any atom is 0.173 e. The van der Waals surface area contributed by atoms with Gasteiger partial charge in [0.1, 0.15) is 5.60 Å². The summed E-state index contributed by atoms with van der Waals surface area (Å²) in [5.74, 6) is -0.0732. The van der Waals surface area contributed by atoms with Gasteiger partial charge < -0.3 is 5.11 Å². The molecule has 74 valence electrons. The Morgan fingerprint density at radius 2 is 2.08 bits per heavy atom. The molecule has 2 nitrogen and oxygen atoms in total. The molecule has 0 spiro atoms. The van der Waals surface area contributed by atoms with Gasteiger partial charge >= 0.3 is 0 Å². The van der Waals surface area contributed by atoms with Gasteiger partial charge in [0, 0.05) is 5.41 Å². The zero-order valence-corrected chi connectivity index (χ0v) is 8.63. The van der Waals surface area contributed by atoms with Crippen LogP contribution in [-0.2, 0) is 4.79 Å². The lowest BCUT2D eigenvalue weighted by atomic mass is 9.76. The summed E-state index contributed by atoms with van der Waals surface area (Å²) >= 11 is 0. The quantitative estimate of drug-likeness (QED) is 0.630. The number of rotatable bonds is 1. The lowest BCUT2D eigenvalue weighted by molar-refractivity contribution is -0.142. The molecule has 1 atom stereocenters. The summed E-state index contributed by atoms with van der Waals surface area (Å²) in [7, 11) is 0. The molecule has 13 heavy (non-hydrogen) atoms. The Hall–Kier alpha value is -0.630. The van der Waals surface area contributed by atoms with Crippen LogP contribution < -0.4 is 0 Å². The van der Waals surface area contributed by atoms with Gasteiger partial charge in [-0.05, 0) is 25.3 Å². The second-order valence-electron chi connectivity index (χ2n) is 4.80. The summed E-state index contributed by atoms with van der Waals surface area (Å²) in [6, 6.07) is 0. The average molecular weight is 182 g/mol. The average Bonchev–Trinajstić information content (AvgIpc) is 2.03. The molecule has 0 amide bonds. The van der Waals surface area contributed by atoms with Crippen LogP contribution in [0.15, 0.2) is 12.2 Å². The van der Waals surface area contributed by atoms with Gasteiger partial charge in [-0.1, -0.05) is 26.8 Å². The maximum atomic E-state index is 11.8. The van der Waals surface area contributed by atoms with Crippen molar-refractivity contribution in [3.63, 3.8) is 0 Å². The smallest absolute Gasteiger partial charge is 0.173 e. The summed E-state index contributed by atoms with van der Waals surface area (Å²) < 4.78 is 0. The van der Waals surface area contributed by atoms with Gasteiger partial charge in [0.2, 0.25) is 0 Å². The standard InChI is InChI=1S/C11H18O2/c1-10(2,3)9(12)11(13)7-5-4-6-8-11/h5,7,13H,4,6,8H2,1-3H3. The van der Waals surface area contributed by atoms with E-state index in [9.17, 15) is 9.90 Å². The maximum absolute atomic E-state index is 11.8. The zero-order valence-electron chi connectivity index (χ0n) is 8.63. The predicted molar refractivity (Wildman–Crippen MR) is 52.4 cm³/mol. The highest BCUT2D eigenvalue weighted by molar-refractivity contribution is 5.93. The summed E-state index contributed by atoms with van der Waals surface area (Å²) in [5.41, 5.74) is -1.66. The van der Waals surface area contributed by atoms with Crippen LogP contribution in [0.4, 0.5) is 0 Å². The Bertz CT molecular complexity index is 235. The second kappa shape index (κ2) is 3.26. The molecule has 0 saturated carbocycles. The van der Waals surface area contributed by atoms with Crippen LogP contribution in [0, 0.1) is 5.41 Å². The molecule has 0 bridgehead atoms. The molecule has 0 saturated heterocycles. The fourth-order valence-corrected chi connectivity index (χ4v) is 1.69. The molecule has 0 radical (unpaired) electrons. The summed E-state index contributed by atoms with van der Waals surface area (Å²) in [4.78, 5) is 11.8. The van der Waals surface area contributed by atoms with E-state index < -0.39 is 11.0 Å². The number of hydrogen-bond donors (Lipinski definition) is 1. The molecular formula is C11H18O2. The highest BCUT2D eigenvalue weighted by Crippen LogP contribution is 2.30. The minimum atomic E-state index is -1.20. The van der Waals surface area contributed by atoms with Gasteiger partial charge in [0.25, 0.3) is 0 Å². The minimum absolute atomic E-state index is 0.0732. The van der Waals surface area contributed by atoms with Crippen LogP contribution in [0.25, 0.3) is 0 Å². The SMILES string of the molecule is CC(C)(C)C(=O)C1(O)C=CCCC1. The summed E-state index contributed by atoms with van der Waals surface area (Å²) in [6.07, 6.45) is 5.99. The van der Waals surface area contributed by atoms with E-state index in [0.717, 1.165) is 12.8 Å².